The quantitative estimate of drug-likeness (QED) is 0.811. The topological polar surface area (TPSA) is 83.0 Å². The van der Waals surface area contributed by atoms with Crippen LogP contribution < -0.4 is 15.5 Å². The first-order chi connectivity index (χ1) is 12.7. The van der Waals surface area contributed by atoms with Crippen molar-refractivity contribution in [2.45, 2.75) is 51.1 Å². The zero-order valence-electron chi connectivity index (χ0n) is 14.9. The third-order valence-electron chi connectivity index (χ3n) is 5.02. The van der Waals surface area contributed by atoms with E-state index in [2.05, 4.69) is 30.9 Å². The van der Waals surface area contributed by atoms with Crippen LogP contribution in [-0.4, -0.2) is 40.0 Å². The molecular weight excluding hydrogens is 348 g/mol. The molecule has 0 atom stereocenters. The average molecular weight is 372 g/mol. The Bertz CT molecular complexity index is 767. The van der Waals surface area contributed by atoms with E-state index >= 15 is 0 Å². The molecule has 3 heterocycles. The van der Waals surface area contributed by atoms with Crippen molar-refractivity contribution in [3.63, 3.8) is 0 Å². The van der Waals surface area contributed by atoms with Crippen LogP contribution in [0.4, 0.5) is 10.9 Å². The lowest BCUT2D eigenvalue weighted by molar-refractivity contribution is -0.120. The molecule has 1 aliphatic heterocycles. The lowest BCUT2D eigenvalue weighted by Gasteiger charge is -2.35. The smallest absolute Gasteiger partial charge is 0.217 e. The Balaban J connectivity index is 1.31. The number of nitrogens with one attached hydrogen (secondary N) is 2. The average Bonchev–Trinajstić information content (AvgIpc) is 3.27. The normalized spacial score (nSPS) is 22.1. The SMILES string of the molecule is CC(=O)NC1CC(c2cc(NCc3csc(N4CCCC4)n3)ncn2)C1. The molecular formula is C18H24N6OS. The zero-order valence-corrected chi connectivity index (χ0v) is 15.8. The van der Waals surface area contributed by atoms with E-state index in [9.17, 15) is 4.79 Å². The molecule has 1 saturated heterocycles. The summed E-state index contributed by atoms with van der Waals surface area (Å²) in [5.74, 6) is 1.26. The second-order valence-electron chi connectivity index (χ2n) is 7.06. The molecule has 4 rings (SSSR count). The summed E-state index contributed by atoms with van der Waals surface area (Å²) in [6.45, 7) is 4.47. The fourth-order valence-electron chi connectivity index (χ4n) is 3.57. The second-order valence-corrected chi connectivity index (χ2v) is 7.90. The third kappa shape index (κ3) is 3.95. The standard InChI is InChI=1S/C18H24N6OS/c1-12(25)22-14-6-13(7-14)16-8-17(21-11-20-16)19-9-15-10-26-18(23-15)24-4-2-3-5-24/h8,10-11,13-14H,2-7,9H2,1H3,(H,22,25)(H,19,20,21). The van der Waals surface area contributed by atoms with Crippen molar-refractivity contribution in [1.82, 2.24) is 20.3 Å². The van der Waals surface area contributed by atoms with Gasteiger partial charge in [0.1, 0.15) is 12.1 Å². The molecule has 8 heteroatoms. The van der Waals surface area contributed by atoms with Gasteiger partial charge in [-0.05, 0) is 25.7 Å². The number of thiazole rings is 1. The van der Waals surface area contributed by atoms with E-state index in [1.54, 1.807) is 24.6 Å². The van der Waals surface area contributed by atoms with Gasteiger partial charge in [0, 0.05) is 49.1 Å². The fraction of sp³-hybridized carbons (Fsp3) is 0.556. The number of aromatic nitrogens is 3. The molecule has 138 valence electrons. The summed E-state index contributed by atoms with van der Waals surface area (Å²) >= 11 is 1.72. The van der Waals surface area contributed by atoms with Crippen molar-refractivity contribution in [3.05, 3.63) is 29.2 Å². The Hall–Kier alpha value is -2.22. The summed E-state index contributed by atoms with van der Waals surface area (Å²) in [6.07, 6.45) is 6.03. The molecule has 2 N–H and O–H groups in total. The molecule has 2 aromatic heterocycles. The van der Waals surface area contributed by atoms with Crippen LogP contribution in [0.25, 0.3) is 0 Å². The Morgan fingerprint density at radius 3 is 2.88 bits per heavy atom. The van der Waals surface area contributed by atoms with Gasteiger partial charge in [0.2, 0.25) is 5.91 Å². The predicted octanol–water partition coefficient (Wildman–Crippen LogP) is 2.53. The lowest BCUT2D eigenvalue weighted by Crippen LogP contribution is -2.42. The van der Waals surface area contributed by atoms with Gasteiger partial charge in [0.05, 0.1) is 12.2 Å². The van der Waals surface area contributed by atoms with E-state index in [4.69, 9.17) is 4.98 Å². The molecule has 1 aliphatic carbocycles. The summed E-state index contributed by atoms with van der Waals surface area (Å²) in [7, 11) is 0. The molecule has 0 aromatic carbocycles. The predicted molar refractivity (Wildman–Crippen MR) is 102 cm³/mol. The highest BCUT2D eigenvalue weighted by atomic mass is 32.1. The maximum absolute atomic E-state index is 11.1. The van der Waals surface area contributed by atoms with E-state index in [1.165, 1.54) is 12.8 Å². The minimum absolute atomic E-state index is 0.0371. The van der Waals surface area contributed by atoms with Crippen molar-refractivity contribution in [2.75, 3.05) is 23.3 Å². The molecule has 0 bridgehead atoms. The zero-order chi connectivity index (χ0) is 17.9. The van der Waals surface area contributed by atoms with Gasteiger partial charge in [-0.1, -0.05) is 0 Å². The van der Waals surface area contributed by atoms with Gasteiger partial charge >= 0.3 is 0 Å². The number of carbonyl (C=O) groups is 1. The Labute approximate surface area is 157 Å². The highest BCUT2D eigenvalue weighted by Crippen LogP contribution is 2.36. The molecule has 2 aliphatic rings. The largest absolute Gasteiger partial charge is 0.364 e. The van der Waals surface area contributed by atoms with Gasteiger partial charge in [-0.25, -0.2) is 15.0 Å². The maximum atomic E-state index is 11.1. The minimum Gasteiger partial charge on any atom is -0.364 e. The highest BCUT2D eigenvalue weighted by molar-refractivity contribution is 7.13. The number of nitrogens with zero attached hydrogens (tertiary/aromatic N) is 4. The van der Waals surface area contributed by atoms with Crippen molar-refractivity contribution < 1.29 is 4.79 Å². The summed E-state index contributed by atoms with van der Waals surface area (Å²) < 4.78 is 0. The second kappa shape index (κ2) is 7.57. The third-order valence-corrected chi connectivity index (χ3v) is 5.97. The monoisotopic (exact) mass is 372 g/mol. The Kier molecular flexibility index (Phi) is 5.01. The van der Waals surface area contributed by atoms with Gasteiger partial charge < -0.3 is 15.5 Å². The molecule has 2 aromatic rings. The van der Waals surface area contributed by atoms with Gasteiger partial charge in [-0.3, -0.25) is 4.79 Å². The Morgan fingerprint density at radius 1 is 1.31 bits per heavy atom. The fourth-order valence-corrected chi connectivity index (χ4v) is 4.45. The van der Waals surface area contributed by atoms with Crippen molar-refractivity contribution in [2.24, 2.45) is 0 Å². The van der Waals surface area contributed by atoms with E-state index in [1.807, 2.05) is 6.07 Å². The molecule has 0 radical (unpaired) electrons. The summed E-state index contributed by atoms with van der Waals surface area (Å²) in [5.41, 5.74) is 2.09. The number of amides is 1. The highest BCUT2D eigenvalue weighted by Gasteiger charge is 2.31. The van der Waals surface area contributed by atoms with Gasteiger partial charge in [0.15, 0.2) is 5.13 Å². The van der Waals surface area contributed by atoms with Crippen molar-refractivity contribution >= 4 is 28.2 Å². The van der Waals surface area contributed by atoms with E-state index in [-0.39, 0.29) is 11.9 Å². The molecule has 2 fully saturated rings. The minimum atomic E-state index is 0.0371. The van der Waals surface area contributed by atoms with Gasteiger partial charge in [-0.15, -0.1) is 11.3 Å². The number of hydrogen-bond acceptors (Lipinski definition) is 7. The van der Waals surface area contributed by atoms with Crippen LogP contribution in [0.2, 0.25) is 0 Å². The molecule has 0 unspecified atom stereocenters. The molecule has 1 saturated carbocycles. The number of rotatable bonds is 6. The van der Waals surface area contributed by atoms with Crippen LogP contribution in [-0.2, 0) is 11.3 Å². The lowest BCUT2D eigenvalue weighted by atomic mass is 9.78. The van der Waals surface area contributed by atoms with Crippen LogP contribution in [0.1, 0.15) is 49.9 Å². The molecule has 26 heavy (non-hydrogen) atoms. The molecule has 1 amide bonds. The van der Waals surface area contributed by atoms with Crippen molar-refractivity contribution in [1.29, 1.82) is 0 Å². The molecule has 7 nitrogen and oxygen atoms in total. The van der Waals surface area contributed by atoms with Crippen LogP contribution in [0.15, 0.2) is 17.8 Å². The van der Waals surface area contributed by atoms with Gasteiger partial charge in [-0.2, -0.15) is 0 Å². The van der Waals surface area contributed by atoms with E-state index in [0.717, 1.165) is 48.3 Å². The van der Waals surface area contributed by atoms with E-state index in [0.29, 0.717) is 12.5 Å². The first-order valence-corrected chi connectivity index (χ1v) is 10.1. The summed E-state index contributed by atoms with van der Waals surface area (Å²) in [6, 6.07) is 2.30. The van der Waals surface area contributed by atoms with Crippen molar-refractivity contribution in [3.8, 4) is 0 Å². The van der Waals surface area contributed by atoms with Crippen LogP contribution in [0.5, 0.6) is 0 Å². The maximum Gasteiger partial charge on any atom is 0.217 e. The van der Waals surface area contributed by atoms with Crippen LogP contribution in [0.3, 0.4) is 0 Å². The number of hydrogen-bond donors (Lipinski definition) is 2. The number of anilines is 2. The summed E-state index contributed by atoms with van der Waals surface area (Å²) in [5, 5.41) is 9.56. The first-order valence-electron chi connectivity index (χ1n) is 9.19. The molecule has 0 spiro atoms. The summed E-state index contributed by atoms with van der Waals surface area (Å²) in [4.78, 5) is 26.9. The van der Waals surface area contributed by atoms with E-state index < -0.39 is 0 Å². The van der Waals surface area contributed by atoms with Crippen LogP contribution >= 0.6 is 11.3 Å². The van der Waals surface area contributed by atoms with Gasteiger partial charge in [0.25, 0.3) is 0 Å². The number of carbonyl (C=O) groups excluding carboxylic acids is 1. The first kappa shape index (κ1) is 17.2. The Morgan fingerprint density at radius 2 is 2.12 bits per heavy atom. The van der Waals surface area contributed by atoms with Crippen LogP contribution in [0, 0.1) is 0 Å².